The largest absolute Gasteiger partial charge is 0.486 e. The maximum Gasteiger partial charge on any atom is 0.251 e. The fourth-order valence-corrected chi connectivity index (χ4v) is 2.19. The van der Waals surface area contributed by atoms with Gasteiger partial charge in [-0.05, 0) is 12.1 Å². The van der Waals surface area contributed by atoms with Crippen molar-refractivity contribution in [2.75, 3.05) is 26.1 Å². The zero-order chi connectivity index (χ0) is 14.8. The number of nitrogen functional groups attached to an aromatic ring is 1. The second-order valence-corrected chi connectivity index (χ2v) is 4.60. The van der Waals surface area contributed by atoms with Gasteiger partial charge >= 0.3 is 0 Å². The van der Waals surface area contributed by atoms with Crippen LogP contribution in [0.25, 0.3) is 11.3 Å². The van der Waals surface area contributed by atoms with E-state index in [2.05, 4.69) is 9.97 Å². The lowest BCUT2D eigenvalue weighted by molar-refractivity contribution is 0.173. The quantitative estimate of drug-likeness (QED) is 0.816. The Morgan fingerprint density at radius 2 is 2.14 bits per heavy atom. The summed E-state index contributed by atoms with van der Waals surface area (Å²) in [7, 11) is 1.54. The van der Waals surface area contributed by atoms with E-state index in [1.165, 1.54) is 13.2 Å². The number of fused-ring (bicyclic) bond motifs is 1. The van der Waals surface area contributed by atoms with Gasteiger partial charge in [-0.25, -0.2) is 4.98 Å². The number of nitrogens with zero attached hydrogens (tertiary/aromatic N) is 1. The molecule has 1 aromatic carbocycles. The number of nitrogens with one attached hydrogen (secondary N) is 1. The lowest BCUT2D eigenvalue weighted by atomic mass is 10.1. The molecule has 0 unspecified atom stereocenters. The number of methoxy groups -OCH3 is 1. The van der Waals surface area contributed by atoms with Gasteiger partial charge in [0.1, 0.15) is 25.6 Å². The number of anilines is 1. The first-order valence-electron chi connectivity index (χ1n) is 6.46. The van der Waals surface area contributed by atoms with Crippen molar-refractivity contribution < 1.29 is 14.2 Å². The van der Waals surface area contributed by atoms with Crippen LogP contribution in [0, 0.1) is 0 Å². The minimum absolute atomic E-state index is 0.225. The van der Waals surface area contributed by atoms with Crippen molar-refractivity contribution in [1.29, 1.82) is 0 Å². The summed E-state index contributed by atoms with van der Waals surface area (Å²) in [5, 5.41) is 0. The minimum atomic E-state index is -0.250. The van der Waals surface area contributed by atoms with Crippen LogP contribution in [0.2, 0.25) is 0 Å². The standard InChI is InChI=1S/C14H15N3O4/c1-19-7-12-16-10(6-13(18)17-12)8-4-9(15)14-11(5-8)20-2-3-21-14/h4-6H,2-3,7,15H2,1H3,(H,16,17,18). The van der Waals surface area contributed by atoms with E-state index in [0.717, 1.165) is 0 Å². The number of ether oxygens (including phenoxy) is 3. The van der Waals surface area contributed by atoms with Gasteiger partial charge in [-0.1, -0.05) is 0 Å². The SMILES string of the molecule is COCc1nc(-c2cc(N)c3c(c2)OCCO3)cc(=O)[nH]1. The molecule has 0 spiro atoms. The topological polar surface area (TPSA) is 99.5 Å². The predicted molar refractivity (Wildman–Crippen MR) is 76.4 cm³/mol. The Morgan fingerprint density at radius 1 is 1.33 bits per heavy atom. The summed E-state index contributed by atoms with van der Waals surface area (Å²) in [4.78, 5) is 18.7. The maximum atomic E-state index is 11.7. The summed E-state index contributed by atoms with van der Waals surface area (Å²) in [6.07, 6.45) is 0. The first-order chi connectivity index (χ1) is 10.2. The number of aromatic nitrogens is 2. The maximum absolute atomic E-state index is 11.7. The highest BCUT2D eigenvalue weighted by molar-refractivity contribution is 5.73. The van der Waals surface area contributed by atoms with Crippen LogP contribution in [0.3, 0.4) is 0 Å². The highest BCUT2D eigenvalue weighted by Gasteiger charge is 2.17. The van der Waals surface area contributed by atoms with Gasteiger partial charge in [0.05, 0.1) is 11.4 Å². The van der Waals surface area contributed by atoms with Crippen molar-refractivity contribution in [3.05, 3.63) is 34.4 Å². The number of hydrogen-bond donors (Lipinski definition) is 2. The van der Waals surface area contributed by atoms with Gasteiger partial charge in [0.25, 0.3) is 5.56 Å². The van der Waals surface area contributed by atoms with Crippen LogP contribution in [0.5, 0.6) is 11.5 Å². The van der Waals surface area contributed by atoms with Gasteiger partial charge in [-0.15, -0.1) is 0 Å². The van der Waals surface area contributed by atoms with Gasteiger partial charge < -0.3 is 24.9 Å². The highest BCUT2D eigenvalue weighted by Crippen LogP contribution is 2.39. The minimum Gasteiger partial charge on any atom is -0.486 e. The van der Waals surface area contributed by atoms with E-state index in [0.29, 0.717) is 47.5 Å². The molecule has 2 aromatic rings. The third-order valence-corrected chi connectivity index (χ3v) is 3.04. The van der Waals surface area contributed by atoms with Gasteiger partial charge in [-0.2, -0.15) is 0 Å². The average molecular weight is 289 g/mol. The number of nitrogens with two attached hydrogens (primary N) is 1. The van der Waals surface area contributed by atoms with Crippen molar-refractivity contribution >= 4 is 5.69 Å². The van der Waals surface area contributed by atoms with Gasteiger partial charge in [0.2, 0.25) is 0 Å². The number of hydrogen-bond acceptors (Lipinski definition) is 6. The third kappa shape index (κ3) is 2.68. The van der Waals surface area contributed by atoms with Crippen LogP contribution in [0.15, 0.2) is 23.0 Å². The fourth-order valence-electron chi connectivity index (χ4n) is 2.19. The molecule has 1 aromatic heterocycles. The van der Waals surface area contributed by atoms with Crippen molar-refractivity contribution in [2.24, 2.45) is 0 Å². The van der Waals surface area contributed by atoms with E-state index in [9.17, 15) is 4.79 Å². The zero-order valence-corrected chi connectivity index (χ0v) is 11.5. The van der Waals surface area contributed by atoms with Crippen molar-refractivity contribution in [2.45, 2.75) is 6.61 Å². The second kappa shape index (κ2) is 5.45. The normalized spacial score (nSPS) is 13.2. The summed E-state index contributed by atoms with van der Waals surface area (Å²) in [5.74, 6) is 1.55. The van der Waals surface area contributed by atoms with Crippen LogP contribution < -0.4 is 20.8 Å². The monoisotopic (exact) mass is 289 g/mol. The molecule has 0 saturated carbocycles. The van der Waals surface area contributed by atoms with Gasteiger partial charge in [-0.3, -0.25) is 4.79 Å². The van der Waals surface area contributed by atoms with Gasteiger partial charge in [0, 0.05) is 18.7 Å². The van der Waals surface area contributed by atoms with E-state index >= 15 is 0 Å². The molecule has 3 N–H and O–H groups in total. The third-order valence-electron chi connectivity index (χ3n) is 3.04. The fraction of sp³-hybridized carbons (Fsp3) is 0.286. The molecule has 0 aliphatic carbocycles. The van der Waals surface area contributed by atoms with Crippen LogP contribution in [-0.4, -0.2) is 30.3 Å². The zero-order valence-electron chi connectivity index (χ0n) is 11.5. The van der Waals surface area contributed by atoms with E-state index in [1.807, 2.05) is 0 Å². The molecule has 0 atom stereocenters. The number of rotatable bonds is 3. The van der Waals surface area contributed by atoms with Crippen LogP contribution in [0.4, 0.5) is 5.69 Å². The Hall–Kier alpha value is -2.54. The molecule has 3 rings (SSSR count). The summed E-state index contributed by atoms with van der Waals surface area (Å²) in [6.45, 7) is 1.16. The molecular weight excluding hydrogens is 274 g/mol. The second-order valence-electron chi connectivity index (χ2n) is 4.60. The lowest BCUT2D eigenvalue weighted by Gasteiger charge is -2.20. The number of H-pyrrole nitrogens is 1. The molecule has 0 fully saturated rings. The Balaban J connectivity index is 2.08. The summed E-state index contributed by atoms with van der Waals surface area (Å²) < 4.78 is 16.0. The predicted octanol–water partition coefficient (Wildman–Crippen LogP) is 0.937. The molecule has 0 amide bonds. The smallest absolute Gasteiger partial charge is 0.251 e. The summed E-state index contributed by atoms with van der Waals surface area (Å²) >= 11 is 0. The van der Waals surface area contributed by atoms with E-state index in [-0.39, 0.29) is 12.2 Å². The molecule has 21 heavy (non-hydrogen) atoms. The Kier molecular flexibility index (Phi) is 3.49. The Morgan fingerprint density at radius 3 is 2.95 bits per heavy atom. The van der Waals surface area contributed by atoms with E-state index in [4.69, 9.17) is 19.9 Å². The number of aromatic amines is 1. The molecule has 0 radical (unpaired) electrons. The van der Waals surface area contributed by atoms with Crippen molar-refractivity contribution in [3.63, 3.8) is 0 Å². The highest BCUT2D eigenvalue weighted by atomic mass is 16.6. The molecular formula is C14H15N3O4. The van der Waals surface area contributed by atoms with Crippen LogP contribution in [0.1, 0.15) is 5.82 Å². The molecule has 110 valence electrons. The summed E-state index contributed by atoms with van der Waals surface area (Å²) in [5.41, 5.74) is 7.38. The summed E-state index contributed by atoms with van der Waals surface area (Å²) in [6, 6.07) is 4.89. The first kappa shape index (κ1) is 13.4. The van der Waals surface area contributed by atoms with Crippen LogP contribution in [-0.2, 0) is 11.3 Å². The van der Waals surface area contributed by atoms with Gasteiger partial charge in [0.15, 0.2) is 11.5 Å². The van der Waals surface area contributed by atoms with Crippen molar-refractivity contribution in [3.8, 4) is 22.8 Å². The van der Waals surface area contributed by atoms with E-state index < -0.39 is 0 Å². The molecule has 7 nitrogen and oxygen atoms in total. The molecule has 7 heteroatoms. The Bertz CT molecular complexity index is 727. The molecule has 1 aliphatic heterocycles. The molecule has 1 aliphatic rings. The van der Waals surface area contributed by atoms with E-state index in [1.54, 1.807) is 12.1 Å². The molecule has 0 saturated heterocycles. The first-order valence-corrected chi connectivity index (χ1v) is 6.46. The van der Waals surface area contributed by atoms with Crippen LogP contribution >= 0.6 is 0 Å². The molecule has 2 heterocycles. The lowest BCUT2D eigenvalue weighted by Crippen LogP contribution is -2.17. The molecule has 0 bridgehead atoms. The number of benzene rings is 1. The average Bonchev–Trinajstić information content (AvgIpc) is 2.47. The van der Waals surface area contributed by atoms with Crippen molar-refractivity contribution in [1.82, 2.24) is 9.97 Å². The Labute approximate surface area is 120 Å².